The topological polar surface area (TPSA) is 144 Å². The number of aliphatic hydroxyl groups is 1. The van der Waals surface area contributed by atoms with Crippen molar-refractivity contribution in [2.75, 3.05) is 18.1 Å². The summed E-state index contributed by atoms with van der Waals surface area (Å²) in [5.74, 6) is -3.18. The molecule has 0 aromatic heterocycles. The summed E-state index contributed by atoms with van der Waals surface area (Å²) < 4.78 is 5.49. The summed E-state index contributed by atoms with van der Waals surface area (Å²) in [4.78, 5) is 65.8. The van der Waals surface area contributed by atoms with Crippen molar-refractivity contribution in [1.82, 2.24) is 0 Å². The van der Waals surface area contributed by atoms with Gasteiger partial charge in [-0.15, -0.1) is 0 Å². The number of nitro groups is 1. The molecule has 4 unspecified atom stereocenters. The standard InChI is InChI=1S/C31H26N2O8/c1-16-14-25(35)24-15-23-21(26(28(24)29(16)36)17-2-8-20(9-3-17)41-13-12-34)10-11-22-27(23)31(38)32(30(22)37)18-4-6-19(7-5-18)33(39)40/h2-10,14,22-23,26-27,34H,11-13,15H2,1H3. The SMILES string of the molecule is CC1=CC(=O)C2=C(C1=O)C(c1ccc(OCCO)cc1)C1=CCC3C(=O)N(c4ccc([N+](=O)[O-])cc4)C(=O)C3C1C2. The van der Waals surface area contributed by atoms with E-state index in [1.54, 1.807) is 19.1 Å². The van der Waals surface area contributed by atoms with E-state index in [-0.39, 0.29) is 48.5 Å². The highest BCUT2D eigenvalue weighted by Crippen LogP contribution is 2.55. The Bertz CT molecular complexity index is 1600. The first kappa shape index (κ1) is 26.5. The van der Waals surface area contributed by atoms with Gasteiger partial charge in [0.15, 0.2) is 11.6 Å². The number of allylic oxidation sites excluding steroid dienone is 6. The lowest BCUT2D eigenvalue weighted by Gasteiger charge is -2.42. The van der Waals surface area contributed by atoms with Gasteiger partial charge in [-0.2, -0.15) is 0 Å². The van der Waals surface area contributed by atoms with Crippen LogP contribution in [0.25, 0.3) is 0 Å². The molecule has 4 aliphatic rings. The summed E-state index contributed by atoms with van der Waals surface area (Å²) in [5, 5.41) is 20.2. The summed E-state index contributed by atoms with van der Waals surface area (Å²) >= 11 is 0. The van der Waals surface area contributed by atoms with Crippen LogP contribution in [-0.2, 0) is 19.2 Å². The molecular weight excluding hydrogens is 528 g/mol. The molecule has 2 aromatic rings. The fourth-order valence-electron chi connectivity index (χ4n) is 6.64. The van der Waals surface area contributed by atoms with Crippen LogP contribution in [0.3, 0.4) is 0 Å². The molecule has 41 heavy (non-hydrogen) atoms. The molecule has 6 rings (SSSR count). The van der Waals surface area contributed by atoms with E-state index in [2.05, 4.69) is 0 Å². The molecule has 4 atom stereocenters. The van der Waals surface area contributed by atoms with E-state index in [0.29, 0.717) is 28.9 Å². The lowest BCUT2D eigenvalue weighted by molar-refractivity contribution is -0.384. The molecule has 1 saturated heterocycles. The van der Waals surface area contributed by atoms with E-state index in [1.807, 2.05) is 18.2 Å². The van der Waals surface area contributed by atoms with Gasteiger partial charge in [0.25, 0.3) is 5.69 Å². The largest absolute Gasteiger partial charge is 0.491 e. The Morgan fingerprint density at radius 2 is 1.71 bits per heavy atom. The molecular formula is C31H26N2O8. The Kier molecular flexibility index (Phi) is 6.50. The number of carbonyl (C=O) groups excluding carboxylic acids is 4. The summed E-state index contributed by atoms with van der Waals surface area (Å²) in [6.07, 6.45) is 3.73. The number of Topliss-reactive ketones (excluding diaryl/α,β-unsaturated/α-hetero) is 1. The second kappa shape index (κ2) is 10.0. The number of hydrogen-bond acceptors (Lipinski definition) is 8. The van der Waals surface area contributed by atoms with Crippen LogP contribution in [0, 0.1) is 27.9 Å². The van der Waals surface area contributed by atoms with Crippen molar-refractivity contribution in [2.24, 2.45) is 17.8 Å². The van der Waals surface area contributed by atoms with Gasteiger partial charge in [0.2, 0.25) is 11.8 Å². The van der Waals surface area contributed by atoms with Gasteiger partial charge in [-0.1, -0.05) is 23.8 Å². The first-order chi connectivity index (χ1) is 19.7. The summed E-state index contributed by atoms with van der Waals surface area (Å²) in [5.41, 5.74) is 2.81. The monoisotopic (exact) mass is 554 g/mol. The van der Waals surface area contributed by atoms with E-state index in [0.717, 1.165) is 16.0 Å². The number of nitro benzene ring substituents is 1. The number of aliphatic hydroxyl groups excluding tert-OH is 1. The van der Waals surface area contributed by atoms with Gasteiger partial charge < -0.3 is 9.84 Å². The quantitative estimate of drug-likeness (QED) is 0.188. The number of benzene rings is 2. The zero-order valence-electron chi connectivity index (χ0n) is 22.1. The molecule has 2 aromatic carbocycles. The second-order valence-corrected chi connectivity index (χ2v) is 10.7. The minimum absolute atomic E-state index is 0.132. The minimum Gasteiger partial charge on any atom is -0.491 e. The van der Waals surface area contributed by atoms with Crippen molar-refractivity contribution < 1.29 is 33.9 Å². The van der Waals surface area contributed by atoms with Crippen molar-refractivity contribution >= 4 is 34.8 Å². The van der Waals surface area contributed by atoms with Crippen LogP contribution in [0.5, 0.6) is 5.75 Å². The zero-order chi connectivity index (χ0) is 29.0. The van der Waals surface area contributed by atoms with Crippen LogP contribution in [-0.4, -0.2) is 46.6 Å². The lowest BCUT2D eigenvalue weighted by Crippen LogP contribution is -2.39. The summed E-state index contributed by atoms with van der Waals surface area (Å²) in [6, 6.07) is 12.4. The third-order valence-corrected chi connectivity index (χ3v) is 8.46. The van der Waals surface area contributed by atoms with Gasteiger partial charge in [-0.25, -0.2) is 0 Å². The molecule has 208 valence electrons. The molecule has 2 amide bonds. The molecule has 3 aliphatic carbocycles. The van der Waals surface area contributed by atoms with E-state index < -0.39 is 34.5 Å². The number of non-ortho nitro benzene ring substituents is 1. The highest BCUT2D eigenvalue weighted by Gasteiger charge is 2.56. The van der Waals surface area contributed by atoms with Gasteiger partial charge in [0, 0.05) is 34.8 Å². The van der Waals surface area contributed by atoms with E-state index in [9.17, 15) is 29.3 Å². The molecule has 1 N–H and O–H groups in total. The number of hydrogen-bond donors (Lipinski definition) is 1. The Balaban J connectivity index is 1.41. The minimum atomic E-state index is -0.740. The highest BCUT2D eigenvalue weighted by molar-refractivity contribution is 6.25. The number of anilines is 1. The maximum absolute atomic E-state index is 13.9. The smallest absolute Gasteiger partial charge is 0.269 e. The molecule has 1 fully saturated rings. The number of fused-ring (bicyclic) bond motifs is 3. The van der Waals surface area contributed by atoms with Crippen LogP contribution < -0.4 is 9.64 Å². The van der Waals surface area contributed by atoms with Crippen molar-refractivity contribution in [2.45, 2.75) is 25.7 Å². The van der Waals surface area contributed by atoms with Crippen molar-refractivity contribution in [1.29, 1.82) is 0 Å². The molecule has 0 spiro atoms. The van der Waals surface area contributed by atoms with Crippen molar-refractivity contribution in [3.05, 3.63) is 98.7 Å². The van der Waals surface area contributed by atoms with Gasteiger partial charge in [0.05, 0.1) is 29.1 Å². The average Bonchev–Trinajstić information content (AvgIpc) is 3.23. The van der Waals surface area contributed by atoms with E-state index in [1.165, 1.54) is 30.3 Å². The van der Waals surface area contributed by atoms with Crippen LogP contribution in [0.1, 0.15) is 31.2 Å². The maximum Gasteiger partial charge on any atom is 0.269 e. The fourth-order valence-corrected chi connectivity index (χ4v) is 6.64. The third kappa shape index (κ3) is 4.22. The number of carbonyl (C=O) groups is 4. The van der Waals surface area contributed by atoms with Crippen LogP contribution in [0.15, 0.2) is 83.0 Å². The van der Waals surface area contributed by atoms with Crippen LogP contribution >= 0.6 is 0 Å². The van der Waals surface area contributed by atoms with Crippen LogP contribution in [0.4, 0.5) is 11.4 Å². The molecule has 1 aliphatic heterocycles. The first-order valence-electron chi connectivity index (χ1n) is 13.4. The normalized spacial score (nSPS) is 25.4. The molecule has 10 nitrogen and oxygen atoms in total. The number of rotatable bonds is 6. The molecule has 0 saturated carbocycles. The zero-order valence-corrected chi connectivity index (χ0v) is 22.1. The second-order valence-electron chi connectivity index (χ2n) is 10.7. The number of ketones is 2. The highest BCUT2D eigenvalue weighted by atomic mass is 16.6. The van der Waals surface area contributed by atoms with E-state index in [4.69, 9.17) is 9.84 Å². The average molecular weight is 555 g/mol. The van der Waals surface area contributed by atoms with Gasteiger partial charge >= 0.3 is 0 Å². The molecule has 1 heterocycles. The van der Waals surface area contributed by atoms with Gasteiger partial charge in [-0.05, 0) is 61.6 Å². The van der Waals surface area contributed by atoms with Gasteiger partial charge in [-0.3, -0.25) is 34.2 Å². The molecule has 0 bridgehead atoms. The maximum atomic E-state index is 13.9. The third-order valence-electron chi connectivity index (χ3n) is 8.46. The number of amides is 2. The Morgan fingerprint density at radius 3 is 2.37 bits per heavy atom. The molecule has 0 radical (unpaired) electrons. The Morgan fingerprint density at radius 1 is 1.00 bits per heavy atom. The number of ether oxygens (including phenoxy) is 1. The number of nitrogens with zero attached hydrogens (tertiary/aromatic N) is 2. The van der Waals surface area contributed by atoms with Crippen molar-refractivity contribution in [3.8, 4) is 5.75 Å². The van der Waals surface area contributed by atoms with Gasteiger partial charge in [0.1, 0.15) is 12.4 Å². The molecule has 10 heteroatoms. The van der Waals surface area contributed by atoms with Crippen molar-refractivity contribution in [3.63, 3.8) is 0 Å². The number of imide groups is 1. The predicted octanol–water partition coefficient (Wildman–Crippen LogP) is 3.60. The summed E-state index contributed by atoms with van der Waals surface area (Å²) in [7, 11) is 0. The lowest BCUT2D eigenvalue weighted by atomic mass is 9.59. The predicted molar refractivity (Wildman–Crippen MR) is 146 cm³/mol. The van der Waals surface area contributed by atoms with E-state index >= 15 is 0 Å². The Hall–Kier alpha value is -4.70. The van der Waals surface area contributed by atoms with Crippen LogP contribution in [0.2, 0.25) is 0 Å². The summed E-state index contributed by atoms with van der Waals surface area (Å²) in [6.45, 7) is 1.61. The Labute approximate surface area is 234 Å². The fraction of sp³-hybridized carbons (Fsp3) is 0.290. The first-order valence-corrected chi connectivity index (χ1v) is 13.4.